The highest BCUT2D eigenvalue weighted by Gasteiger charge is 2.22. The summed E-state index contributed by atoms with van der Waals surface area (Å²) in [6.45, 7) is 3.24. The molecule has 1 unspecified atom stereocenters. The van der Waals surface area contributed by atoms with Crippen molar-refractivity contribution in [1.82, 2.24) is 14.5 Å². The number of likely N-dealkylation sites (tertiary alicyclic amines) is 1. The van der Waals surface area contributed by atoms with Crippen molar-refractivity contribution in [3.05, 3.63) is 48.3 Å². The van der Waals surface area contributed by atoms with Gasteiger partial charge in [0.05, 0.1) is 0 Å². The zero-order chi connectivity index (χ0) is 13.1. The Labute approximate surface area is 113 Å². The van der Waals surface area contributed by atoms with Gasteiger partial charge in [-0.3, -0.25) is 4.90 Å². The molecule has 0 amide bonds. The van der Waals surface area contributed by atoms with Gasteiger partial charge in [-0.05, 0) is 24.9 Å². The number of benzene rings is 1. The third-order valence-corrected chi connectivity index (χ3v) is 3.82. The Hall–Kier alpha value is -1.81. The molecule has 0 bridgehead atoms. The van der Waals surface area contributed by atoms with Crippen LogP contribution in [0.2, 0.25) is 0 Å². The van der Waals surface area contributed by atoms with E-state index in [2.05, 4.69) is 44.8 Å². The summed E-state index contributed by atoms with van der Waals surface area (Å²) >= 11 is 0. The van der Waals surface area contributed by atoms with Gasteiger partial charge in [0, 0.05) is 31.5 Å². The number of rotatable bonds is 3. The molecule has 0 saturated carbocycles. The van der Waals surface area contributed by atoms with Gasteiger partial charge in [-0.15, -0.1) is 0 Å². The molecule has 0 aliphatic carbocycles. The van der Waals surface area contributed by atoms with Crippen LogP contribution in [0.25, 0.3) is 0 Å². The van der Waals surface area contributed by atoms with Crippen molar-refractivity contribution in [2.45, 2.75) is 25.4 Å². The third-order valence-electron chi connectivity index (χ3n) is 3.82. The number of hydrogen-bond donors (Lipinski definition) is 1. The average Bonchev–Trinajstić information content (AvgIpc) is 2.86. The number of aromatic nitrogens is 2. The molecule has 1 aliphatic rings. The van der Waals surface area contributed by atoms with Crippen LogP contribution in [0.15, 0.2) is 42.7 Å². The molecule has 2 heterocycles. The normalized spacial score (nSPS) is 20.5. The lowest BCUT2D eigenvalue weighted by atomic mass is 10.0. The maximum Gasteiger partial charge on any atom is 0.200 e. The summed E-state index contributed by atoms with van der Waals surface area (Å²) < 4.78 is 2.11. The fourth-order valence-corrected chi connectivity index (χ4v) is 2.88. The number of nitrogens with two attached hydrogens (primary N) is 1. The fourth-order valence-electron chi connectivity index (χ4n) is 2.88. The molecule has 2 aromatic rings. The van der Waals surface area contributed by atoms with E-state index in [9.17, 15) is 0 Å². The lowest BCUT2D eigenvalue weighted by Crippen LogP contribution is -2.36. The van der Waals surface area contributed by atoms with Crippen LogP contribution in [-0.4, -0.2) is 27.5 Å². The molecule has 1 aliphatic heterocycles. The molecule has 3 rings (SSSR count). The Morgan fingerprint density at radius 1 is 1.26 bits per heavy atom. The second-order valence-corrected chi connectivity index (χ2v) is 5.21. The zero-order valence-corrected chi connectivity index (χ0v) is 11.1. The van der Waals surface area contributed by atoms with Gasteiger partial charge >= 0.3 is 0 Å². The SMILES string of the molecule is Nc1nccn1C1CCCN(Cc2ccccc2)C1. The largest absolute Gasteiger partial charge is 0.369 e. The van der Waals surface area contributed by atoms with Gasteiger partial charge in [0.25, 0.3) is 0 Å². The highest BCUT2D eigenvalue weighted by molar-refractivity contribution is 5.19. The second-order valence-electron chi connectivity index (χ2n) is 5.21. The highest BCUT2D eigenvalue weighted by atomic mass is 15.2. The minimum atomic E-state index is 0.458. The van der Waals surface area contributed by atoms with Crippen molar-refractivity contribution in [3.63, 3.8) is 0 Å². The zero-order valence-electron chi connectivity index (χ0n) is 11.1. The summed E-state index contributed by atoms with van der Waals surface area (Å²) in [4.78, 5) is 6.63. The molecule has 1 aromatic carbocycles. The fraction of sp³-hybridized carbons (Fsp3) is 0.400. The molecule has 1 fully saturated rings. The molecule has 100 valence electrons. The first-order valence-corrected chi connectivity index (χ1v) is 6.87. The second kappa shape index (κ2) is 5.45. The van der Waals surface area contributed by atoms with Gasteiger partial charge in [0.15, 0.2) is 5.95 Å². The Balaban J connectivity index is 1.67. The summed E-state index contributed by atoms with van der Waals surface area (Å²) in [6.07, 6.45) is 6.18. The Bertz CT molecular complexity index is 520. The molecule has 1 atom stereocenters. The predicted octanol–water partition coefficient (Wildman–Crippen LogP) is 2.30. The summed E-state index contributed by atoms with van der Waals surface area (Å²) in [5, 5.41) is 0. The maximum atomic E-state index is 5.90. The van der Waals surface area contributed by atoms with Crippen LogP contribution in [0.4, 0.5) is 5.95 Å². The van der Waals surface area contributed by atoms with E-state index >= 15 is 0 Å². The van der Waals surface area contributed by atoms with E-state index in [-0.39, 0.29) is 0 Å². The van der Waals surface area contributed by atoms with E-state index in [0.29, 0.717) is 12.0 Å². The number of anilines is 1. The van der Waals surface area contributed by atoms with E-state index in [1.54, 1.807) is 6.20 Å². The smallest absolute Gasteiger partial charge is 0.200 e. The van der Waals surface area contributed by atoms with Crippen molar-refractivity contribution >= 4 is 5.95 Å². The molecule has 2 N–H and O–H groups in total. The van der Waals surface area contributed by atoms with E-state index < -0.39 is 0 Å². The van der Waals surface area contributed by atoms with Crippen molar-refractivity contribution in [3.8, 4) is 0 Å². The molecular weight excluding hydrogens is 236 g/mol. The number of nitrogen functional groups attached to an aromatic ring is 1. The van der Waals surface area contributed by atoms with Crippen LogP contribution in [0.3, 0.4) is 0 Å². The van der Waals surface area contributed by atoms with Crippen LogP contribution >= 0.6 is 0 Å². The average molecular weight is 256 g/mol. The topological polar surface area (TPSA) is 47.1 Å². The summed E-state index contributed by atoms with van der Waals surface area (Å²) in [6, 6.07) is 11.1. The lowest BCUT2D eigenvalue weighted by Gasteiger charge is -2.33. The first-order valence-electron chi connectivity index (χ1n) is 6.87. The van der Waals surface area contributed by atoms with Crippen molar-refractivity contribution in [2.75, 3.05) is 18.8 Å². The number of hydrogen-bond acceptors (Lipinski definition) is 3. The van der Waals surface area contributed by atoms with E-state index in [0.717, 1.165) is 13.1 Å². The van der Waals surface area contributed by atoms with Crippen LogP contribution in [0.5, 0.6) is 0 Å². The number of nitrogens with zero attached hydrogens (tertiary/aromatic N) is 3. The third kappa shape index (κ3) is 2.79. The predicted molar refractivity (Wildman–Crippen MR) is 76.6 cm³/mol. The van der Waals surface area contributed by atoms with Gasteiger partial charge in [-0.25, -0.2) is 4.98 Å². The minimum absolute atomic E-state index is 0.458. The molecule has 19 heavy (non-hydrogen) atoms. The van der Waals surface area contributed by atoms with Gasteiger partial charge in [0.2, 0.25) is 0 Å². The van der Waals surface area contributed by atoms with E-state index in [1.165, 1.54) is 24.9 Å². The van der Waals surface area contributed by atoms with E-state index in [1.807, 2.05) is 6.20 Å². The van der Waals surface area contributed by atoms with Crippen LogP contribution < -0.4 is 5.73 Å². The summed E-state index contributed by atoms with van der Waals surface area (Å²) in [5.41, 5.74) is 7.28. The van der Waals surface area contributed by atoms with Crippen LogP contribution in [-0.2, 0) is 6.54 Å². The van der Waals surface area contributed by atoms with Crippen molar-refractivity contribution in [1.29, 1.82) is 0 Å². The Morgan fingerprint density at radius 3 is 2.84 bits per heavy atom. The first-order chi connectivity index (χ1) is 9.33. The summed E-state index contributed by atoms with van der Waals surface area (Å²) in [7, 11) is 0. The summed E-state index contributed by atoms with van der Waals surface area (Å²) in [5.74, 6) is 0.631. The maximum absolute atomic E-state index is 5.90. The Kier molecular flexibility index (Phi) is 3.51. The van der Waals surface area contributed by atoms with Gasteiger partial charge in [0.1, 0.15) is 0 Å². The van der Waals surface area contributed by atoms with Gasteiger partial charge in [-0.2, -0.15) is 0 Å². The monoisotopic (exact) mass is 256 g/mol. The van der Waals surface area contributed by atoms with Gasteiger partial charge in [-0.1, -0.05) is 30.3 Å². The van der Waals surface area contributed by atoms with Crippen LogP contribution in [0.1, 0.15) is 24.4 Å². The van der Waals surface area contributed by atoms with E-state index in [4.69, 9.17) is 5.73 Å². The van der Waals surface area contributed by atoms with Crippen molar-refractivity contribution < 1.29 is 0 Å². The molecule has 0 radical (unpaired) electrons. The number of piperidine rings is 1. The number of imidazole rings is 1. The molecule has 1 saturated heterocycles. The molecule has 4 heteroatoms. The quantitative estimate of drug-likeness (QED) is 0.916. The minimum Gasteiger partial charge on any atom is -0.369 e. The molecule has 0 spiro atoms. The molecule has 1 aromatic heterocycles. The molecule has 4 nitrogen and oxygen atoms in total. The molecular formula is C15H20N4. The highest BCUT2D eigenvalue weighted by Crippen LogP contribution is 2.24. The lowest BCUT2D eigenvalue weighted by molar-refractivity contribution is 0.171. The van der Waals surface area contributed by atoms with Crippen LogP contribution in [0, 0.1) is 0 Å². The standard InChI is InChI=1S/C15H20N4/c16-15-17-8-10-19(15)14-7-4-9-18(12-14)11-13-5-2-1-3-6-13/h1-3,5-6,8,10,14H,4,7,9,11-12H2,(H2,16,17). The first kappa shape index (κ1) is 12.2. The Morgan fingerprint density at radius 2 is 2.11 bits per heavy atom. The van der Waals surface area contributed by atoms with Crippen molar-refractivity contribution in [2.24, 2.45) is 0 Å². The van der Waals surface area contributed by atoms with Gasteiger partial charge < -0.3 is 10.3 Å².